The highest BCUT2D eigenvalue weighted by molar-refractivity contribution is 8.01. The quantitative estimate of drug-likeness (QED) is 0.400. The second kappa shape index (κ2) is 9.00. The topological polar surface area (TPSA) is 68.0 Å². The van der Waals surface area contributed by atoms with Crippen LogP contribution < -0.4 is 5.32 Å². The van der Waals surface area contributed by atoms with Gasteiger partial charge in [-0.15, -0.1) is 10.2 Å². The highest BCUT2D eigenvalue weighted by Gasteiger charge is 2.11. The second-order valence-corrected chi connectivity index (χ2v) is 8.15. The molecule has 2 aromatic heterocycles. The zero-order chi connectivity index (χ0) is 18.4. The van der Waals surface area contributed by atoms with Crippen LogP contribution in [0.3, 0.4) is 0 Å². The number of carbonyl (C=O) groups is 1. The van der Waals surface area contributed by atoms with Crippen molar-refractivity contribution in [2.24, 2.45) is 0 Å². The van der Waals surface area contributed by atoms with Crippen molar-refractivity contribution in [2.75, 3.05) is 11.1 Å². The van der Waals surface area contributed by atoms with Crippen LogP contribution in [0.2, 0.25) is 0 Å². The molecule has 0 radical (unpaired) electrons. The molecule has 0 unspecified atom stereocenters. The van der Waals surface area contributed by atoms with Crippen molar-refractivity contribution in [1.29, 1.82) is 0 Å². The fraction of sp³-hybridized carbons (Fsp3) is 0.316. The van der Waals surface area contributed by atoms with E-state index >= 15 is 0 Å². The Balaban J connectivity index is 1.50. The molecule has 1 atom stereocenters. The molecule has 0 amide bonds. The van der Waals surface area contributed by atoms with Gasteiger partial charge in [0.15, 0.2) is 10.1 Å². The molecule has 0 fully saturated rings. The minimum Gasteiger partial charge on any atom is -0.467 e. The summed E-state index contributed by atoms with van der Waals surface area (Å²) in [4.78, 5) is 12.4. The fourth-order valence-electron chi connectivity index (χ4n) is 2.36. The van der Waals surface area contributed by atoms with Gasteiger partial charge in [-0.25, -0.2) is 0 Å². The summed E-state index contributed by atoms with van der Waals surface area (Å²) < 4.78 is 6.04. The standard InChI is InChI=1S/C19H21N3O2S2/c1-3-13(2)14-6-8-15(9-7-14)17(23)12-25-19-22-21-18(26-19)20-11-16-5-4-10-24-16/h4-10,13H,3,11-12H2,1-2H3,(H,20,21)/t13-/m1/s1. The molecule has 5 nitrogen and oxygen atoms in total. The average Bonchev–Trinajstić information content (AvgIpc) is 3.35. The predicted octanol–water partition coefficient (Wildman–Crippen LogP) is 5.23. The second-order valence-electron chi connectivity index (χ2n) is 5.95. The van der Waals surface area contributed by atoms with E-state index in [0.29, 0.717) is 23.3 Å². The largest absolute Gasteiger partial charge is 0.467 e. The maximum absolute atomic E-state index is 12.4. The first-order valence-electron chi connectivity index (χ1n) is 8.51. The fourth-order valence-corrected chi connectivity index (χ4v) is 4.00. The van der Waals surface area contributed by atoms with E-state index in [9.17, 15) is 4.79 Å². The van der Waals surface area contributed by atoms with Crippen LogP contribution >= 0.6 is 23.1 Å². The van der Waals surface area contributed by atoms with E-state index in [-0.39, 0.29) is 5.78 Å². The van der Waals surface area contributed by atoms with Crippen molar-refractivity contribution in [1.82, 2.24) is 10.2 Å². The number of anilines is 1. The van der Waals surface area contributed by atoms with Gasteiger partial charge in [-0.1, -0.05) is 61.2 Å². The number of Topliss-reactive ketones (excluding diaryl/α,β-unsaturated/α-hetero) is 1. The summed E-state index contributed by atoms with van der Waals surface area (Å²) in [7, 11) is 0. The zero-order valence-electron chi connectivity index (χ0n) is 14.8. The maximum atomic E-state index is 12.4. The van der Waals surface area contributed by atoms with E-state index in [2.05, 4.69) is 29.4 Å². The third kappa shape index (κ3) is 4.95. The summed E-state index contributed by atoms with van der Waals surface area (Å²) in [6, 6.07) is 11.7. The van der Waals surface area contributed by atoms with Gasteiger partial charge in [0.2, 0.25) is 5.13 Å². The third-order valence-electron chi connectivity index (χ3n) is 4.14. The van der Waals surface area contributed by atoms with E-state index in [1.165, 1.54) is 28.7 Å². The Kier molecular flexibility index (Phi) is 6.46. The molecule has 2 heterocycles. The van der Waals surface area contributed by atoms with Gasteiger partial charge < -0.3 is 9.73 Å². The molecule has 0 spiro atoms. The van der Waals surface area contributed by atoms with Crippen molar-refractivity contribution < 1.29 is 9.21 Å². The number of carbonyl (C=O) groups excluding carboxylic acids is 1. The molecular formula is C19H21N3O2S2. The smallest absolute Gasteiger partial charge is 0.206 e. The van der Waals surface area contributed by atoms with Gasteiger partial charge in [-0.2, -0.15) is 0 Å². The third-order valence-corrected chi connectivity index (χ3v) is 6.16. The molecule has 0 bridgehead atoms. The summed E-state index contributed by atoms with van der Waals surface area (Å²) in [6.45, 7) is 4.92. The van der Waals surface area contributed by atoms with E-state index in [1.54, 1.807) is 6.26 Å². The van der Waals surface area contributed by atoms with Gasteiger partial charge in [-0.05, 0) is 30.0 Å². The normalized spacial score (nSPS) is 12.1. The Morgan fingerprint density at radius 3 is 2.77 bits per heavy atom. The molecule has 0 saturated carbocycles. The van der Waals surface area contributed by atoms with Gasteiger partial charge in [0.1, 0.15) is 5.76 Å². The first kappa shape index (κ1) is 18.7. The lowest BCUT2D eigenvalue weighted by Crippen LogP contribution is -2.02. The molecule has 0 saturated heterocycles. The van der Waals surface area contributed by atoms with Gasteiger partial charge in [0.25, 0.3) is 0 Å². The zero-order valence-corrected chi connectivity index (χ0v) is 16.4. The summed E-state index contributed by atoms with van der Waals surface area (Å²) in [5, 5.41) is 12.1. The van der Waals surface area contributed by atoms with E-state index < -0.39 is 0 Å². The van der Waals surface area contributed by atoms with Crippen LogP contribution in [0.5, 0.6) is 0 Å². The highest BCUT2D eigenvalue weighted by Crippen LogP contribution is 2.27. The molecule has 1 N–H and O–H groups in total. The molecule has 0 aliphatic rings. The first-order chi connectivity index (χ1) is 12.7. The average molecular weight is 388 g/mol. The lowest BCUT2D eigenvalue weighted by Gasteiger charge is -2.09. The van der Waals surface area contributed by atoms with Crippen molar-refractivity contribution in [3.63, 3.8) is 0 Å². The molecule has 3 aromatic rings. The summed E-state index contributed by atoms with van der Waals surface area (Å²) in [6.07, 6.45) is 2.73. The number of ketones is 1. The number of nitrogens with one attached hydrogen (secondary N) is 1. The number of rotatable bonds is 9. The number of thioether (sulfide) groups is 1. The molecular weight excluding hydrogens is 366 g/mol. The first-order valence-corrected chi connectivity index (χ1v) is 10.3. The summed E-state index contributed by atoms with van der Waals surface area (Å²) in [5.41, 5.74) is 2.01. The van der Waals surface area contributed by atoms with Crippen LogP contribution in [0.25, 0.3) is 0 Å². The number of hydrogen-bond donors (Lipinski definition) is 1. The Hall–Kier alpha value is -2.12. The van der Waals surface area contributed by atoms with Gasteiger partial charge >= 0.3 is 0 Å². The van der Waals surface area contributed by atoms with E-state index in [4.69, 9.17) is 4.42 Å². The number of hydrogen-bond acceptors (Lipinski definition) is 7. The molecule has 7 heteroatoms. The minimum absolute atomic E-state index is 0.103. The van der Waals surface area contributed by atoms with Crippen molar-refractivity contribution in [2.45, 2.75) is 37.1 Å². The minimum atomic E-state index is 0.103. The molecule has 0 aliphatic carbocycles. The number of furan rings is 1. The van der Waals surface area contributed by atoms with Crippen LogP contribution in [0.1, 0.15) is 47.9 Å². The molecule has 1 aromatic carbocycles. The van der Waals surface area contributed by atoms with Crippen molar-refractivity contribution >= 4 is 34.0 Å². The lowest BCUT2D eigenvalue weighted by molar-refractivity contribution is 0.102. The van der Waals surface area contributed by atoms with Crippen molar-refractivity contribution in [3.05, 3.63) is 59.5 Å². The van der Waals surface area contributed by atoms with E-state index in [0.717, 1.165) is 22.1 Å². The Morgan fingerprint density at radius 1 is 1.27 bits per heavy atom. The Bertz CT molecular complexity index is 829. The number of nitrogens with zero attached hydrogens (tertiary/aromatic N) is 2. The number of aromatic nitrogens is 2. The van der Waals surface area contributed by atoms with Crippen LogP contribution in [-0.2, 0) is 6.54 Å². The molecule has 136 valence electrons. The summed E-state index contributed by atoms with van der Waals surface area (Å²) >= 11 is 2.85. The van der Waals surface area contributed by atoms with Gasteiger partial charge in [0, 0.05) is 5.56 Å². The predicted molar refractivity (Wildman–Crippen MR) is 106 cm³/mol. The summed E-state index contributed by atoms with van der Waals surface area (Å²) in [5.74, 6) is 1.81. The Labute approximate surface area is 161 Å². The maximum Gasteiger partial charge on any atom is 0.206 e. The molecule has 0 aliphatic heterocycles. The van der Waals surface area contributed by atoms with Gasteiger partial charge in [-0.3, -0.25) is 4.79 Å². The highest BCUT2D eigenvalue weighted by atomic mass is 32.2. The molecule has 3 rings (SSSR count). The Morgan fingerprint density at radius 2 is 2.08 bits per heavy atom. The van der Waals surface area contributed by atoms with Gasteiger partial charge in [0.05, 0.1) is 18.6 Å². The van der Waals surface area contributed by atoms with Crippen LogP contribution in [0.15, 0.2) is 51.4 Å². The SMILES string of the molecule is CC[C@@H](C)c1ccc(C(=O)CSc2nnc(NCc3ccco3)s2)cc1. The molecule has 26 heavy (non-hydrogen) atoms. The number of benzene rings is 1. The van der Waals surface area contributed by atoms with Crippen LogP contribution in [-0.4, -0.2) is 21.7 Å². The van der Waals surface area contributed by atoms with Crippen LogP contribution in [0, 0.1) is 0 Å². The van der Waals surface area contributed by atoms with Crippen molar-refractivity contribution in [3.8, 4) is 0 Å². The van der Waals surface area contributed by atoms with E-state index in [1.807, 2.05) is 36.4 Å². The lowest BCUT2D eigenvalue weighted by atomic mass is 9.97. The monoisotopic (exact) mass is 387 g/mol. The van der Waals surface area contributed by atoms with Crippen LogP contribution in [0.4, 0.5) is 5.13 Å².